The van der Waals surface area contributed by atoms with Crippen LogP contribution in [0.15, 0.2) is 29.2 Å². The number of aliphatic hydroxyl groups is 1. The molecule has 0 aromatic heterocycles. The number of benzene rings is 1. The van der Waals surface area contributed by atoms with Gasteiger partial charge in [0.1, 0.15) is 0 Å². The van der Waals surface area contributed by atoms with E-state index in [4.69, 9.17) is 0 Å². The zero-order valence-electron chi connectivity index (χ0n) is 11.0. The molecule has 112 valence electrons. The Morgan fingerprint density at radius 3 is 2.30 bits per heavy atom. The van der Waals surface area contributed by atoms with Crippen LogP contribution in [0.3, 0.4) is 0 Å². The van der Waals surface area contributed by atoms with Crippen molar-refractivity contribution in [2.24, 2.45) is 0 Å². The average Bonchev–Trinajstić information content (AvgIpc) is 2.77. The van der Waals surface area contributed by atoms with E-state index in [1.54, 1.807) is 12.1 Å². The summed E-state index contributed by atoms with van der Waals surface area (Å²) in [4.78, 5) is 0.190. The van der Waals surface area contributed by atoms with Crippen molar-refractivity contribution >= 4 is 11.8 Å². The first-order chi connectivity index (χ1) is 9.36. The van der Waals surface area contributed by atoms with Gasteiger partial charge < -0.3 is 10.4 Å². The number of alkyl halides is 3. The van der Waals surface area contributed by atoms with Gasteiger partial charge in [-0.05, 0) is 42.3 Å². The van der Waals surface area contributed by atoms with Crippen LogP contribution in [0.25, 0.3) is 0 Å². The highest BCUT2D eigenvalue weighted by Gasteiger charge is 2.30. The fraction of sp³-hybridized carbons (Fsp3) is 0.571. The monoisotopic (exact) mass is 305 g/mol. The molecule has 0 atom stereocenters. The summed E-state index contributed by atoms with van der Waals surface area (Å²) in [6.45, 7) is 1.09. The van der Waals surface area contributed by atoms with Gasteiger partial charge in [-0.2, -0.15) is 13.2 Å². The van der Waals surface area contributed by atoms with E-state index in [1.807, 2.05) is 0 Å². The van der Waals surface area contributed by atoms with Gasteiger partial charge in [-0.25, -0.2) is 0 Å². The number of nitrogens with one attached hydrogen (secondary N) is 1. The van der Waals surface area contributed by atoms with Gasteiger partial charge in [-0.3, -0.25) is 0 Å². The Labute approximate surface area is 120 Å². The van der Waals surface area contributed by atoms with Gasteiger partial charge in [0.2, 0.25) is 0 Å². The van der Waals surface area contributed by atoms with Crippen LogP contribution in [0.4, 0.5) is 13.2 Å². The van der Waals surface area contributed by atoms with E-state index >= 15 is 0 Å². The van der Waals surface area contributed by atoms with Crippen LogP contribution in [-0.2, 0) is 6.54 Å². The van der Waals surface area contributed by atoms with Crippen molar-refractivity contribution in [2.45, 2.75) is 48.2 Å². The molecular formula is C14H18F3NOS. The molecule has 0 saturated heterocycles. The molecule has 1 aliphatic carbocycles. The zero-order chi connectivity index (χ0) is 14.6. The Hall–Kier alpha value is -0.720. The van der Waals surface area contributed by atoms with Crippen molar-refractivity contribution < 1.29 is 18.3 Å². The van der Waals surface area contributed by atoms with Gasteiger partial charge in [-0.1, -0.05) is 25.0 Å². The number of thioether (sulfide) groups is 1. The van der Waals surface area contributed by atoms with Crippen molar-refractivity contribution in [1.82, 2.24) is 5.32 Å². The first-order valence-corrected chi connectivity index (χ1v) is 7.46. The predicted molar refractivity (Wildman–Crippen MR) is 73.5 cm³/mol. The third kappa shape index (κ3) is 5.00. The summed E-state index contributed by atoms with van der Waals surface area (Å²) in [5.74, 6) is 0. The van der Waals surface area contributed by atoms with Crippen LogP contribution in [0.5, 0.6) is 0 Å². The number of hydrogen-bond acceptors (Lipinski definition) is 3. The Bertz CT molecular complexity index is 427. The van der Waals surface area contributed by atoms with Gasteiger partial charge >= 0.3 is 5.51 Å². The molecule has 1 aromatic carbocycles. The highest BCUT2D eigenvalue weighted by molar-refractivity contribution is 8.00. The molecule has 1 fully saturated rings. The summed E-state index contributed by atoms with van der Waals surface area (Å²) in [7, 11) is 0. The third-order valence-electron chi connectivity index (χ3n) is 3.47. The maximum Gasteiger partial charge on any atom is 0.446 e. The van der Waals surface area contributed by atoms with E-state index in [9.17, 15) is 18.3 Å². The Morgan fingerprint density at radius 2 is 1.75 bits per heavy atom. The smallest absolute Gasteiger partial charge is 0.389 e. The fourth-order valence-electron chi connectivity index (χ4n) is 2.46. The van der Waals surface area contributed by atoms with E-state index < -0.39 is 11.1 Å². The van der Waals surface area contributed by atoms with Crippen LogP contribution in [0.2, 0.25) is 0 Å². The number of rotatable bonds is 5. The largest absolute Gasteiger partial charge is 0.446 e. The summed E-state index contributed by atoms with van der Waals surface area (Å²) >= 11 is -0.107. The highest BCUT2D eigenvalue weighted by Crippen LogP contribution is 2.36. The SMILES string of the molecule is OC1(CNCc2ccc(SC(F)(F)F)cc2)CCCC1. The lowest BCUT2D eigenvalue weighted by atomic mass is 10.0. The van der Waals surface area contributed by atoms with Gasteiger partial charge in [-0.15, -0.1) is 0 Å². The lowest BCUT2D eigenvalue weighted by Crippen LogP contribution is -2.37. The summed E-state index contributed by atoms with van der Waals surface area (Å²) in [5, 5.41) is 13.3. The van der Waals surface area contributed by atoms with Gasteiger partial charge in [0, 0.05) is 18.0 Å². The molecule has 2 nitrogen and oxygen atoms in total. The van der Waals surface area contributed by atoms with Crippen LogP contribution >= 0.6 is 11.8 Å². The molecule has 0 bridgehead atoms. The quantitative estimate of drug-likeness (QED) is 0.814. The van der Waals surface area contributed by atoms with Crippen LogP contribution in [-0.4, -0.2) is 22.8 Å². The standard InChI is InChI=1S/C14H18F3NOS/c15-14(16,17)20-12-5-3-11(4-6-12)9-18-10-13(19)7-1-2-8-13/h3-6,18-19H,1-2,7-10H2. The first kappa shape index (κ1) is 15.7. The first-order valence-electron chi connectivity index (χ1n) is 6.64. The van der Waals surface area contributed by atoms with Gasteiger partial charge in [0.25, 0.3) is 0 Å². The van der Waals surface area contributed by atoms with Crippen molar-refractivity contribution in [3.8, 4) is 0 Å². The molecule has 6 heteroatoms. The van der Waals surface area contributed by atoms with Gasteiger partial charge in [0.05, 0.1) is 5.60 Å². The summed E-state index contributed by atoms with van der Waals surface area (Å²) in [6.07, 6.45) is 3.76. The zero-order valence-corrected chi connectivity index (χ0v) is 11.9. The molecule has 2 N–H and O–H groups in total. The Balaban J connectivity index is 1.79. The number of halogens is 3. The molecule has 0 amide bonds. The average molecular weight is 305 g/mol. The molecule has 2 rings (SSSR count). The molecule has 1 saturated carbocycles. The molecule has 0 radical (unpaired) electrons. The lowest BCUT2D eigenvalue weighted by Gasteiger charge is -2.22. The molecule has 0 spiro atoms. The van der Waals surface area contributed by atoms with E-state index in [2.05, 4.69) is 5.32 Å². The van der Waals surface area contributed by atoms with E-state index in [0.29, 0.717) is 13.1 Å². The maximum atomic E-state index is 12.2. The normalized spacial score (nSPS) is 18.4. The second kappa shape index (κ2) is 6.37. The molecular weight excluding hydrogens is 287 g/mol. The molecule has 1 aliphatic rings. The van der Waals surface area contributed by atoms with Crippen LogP contribution < -0.4 is 5.32 Å². The van der Waals surface area contributed by atoms with E-state index in [1.165, 1.54) is 12.1 Å². The van der Waals surface area contributed by atoms with E-state index in [0.717, 1.165) is 31.2 Å². The van der Waals surface area contributed by atoms with Crippen LogP contribution in [0.1, 0.15) is 31.2 Å². The lowest BCUT2D eigenvalue weighted by molar-refractivity contribution is -0.0328. The second-order valence-electron chi connectivity index (χ2n) is 5.23. The van der Waals surface area contributed by atoms with Crippen molar-refractivity contribution in [1.29, 1.82) is 0 Å². The Morgan fingerprint density at radius 1 is 1.15 bits per heavy atom. The van der Waals surface area contributed by atoms with Crippen molar-refractivity contribution in [3.05, 3.63) is 29.8 Å². The highest BCUT2D eigenvalue weighted by atomic mass is 32.2. The molecule has 1 aromatic rings. The molecule has 0 unspecified atom stereocenters. The maximum absolute atomic E-state index is 12.2. The second-order valence-corrected chi connectivity index (χ2v) is 6.37. The summed E-state index contributed by atoms with van der Waals surface area (Å²) < 4.78 is 36.5. The molecule has 0 aliphatic heterocycles. The number of hydrogen-bond donors (Lipinski definition) is 2. The minimum Gasteiger partial charge on any atom is -0.389 e. The minimum absolute atomic E-state index is 0.107. The van der Waals surface area contributed by atoms with Crippen molar-refractivity contribution in [3.63, 3.8) is 0 Å². The molecule has 0 heterocycles. The fourth-order valence-corrected chi connectivity index (χ4v) is 3.00. The topological polar surface area (TPSA) is 32.3 Å². The minimum atomic E-state index is -4.24. The Kier molecular flexibility index (Phi) is 4.99. The molecule has 20 heavy (non-hydrogen) atoms. The van der Waals surface area contributed by atoms with Crippen molar-refractivity contribution in [2.75, 3.05) is 6.54 Å². The van der Waals surface area contributed by atoms with Crippen LogP contribution in [0, 0.1) is 0 Å². The van der Waals surface area contributed by atoms with E-state index in [-0.39, 0.29) is 16.7 Å². The van der Waals surface area contributed by atoms with Gasteiger partial charge in [0.15, 0.2) is 0 Å². The third-order valence-corrected chi connectivity index (χ3v) is 4.21. The predicted octanol–water partition coefficient (Wildman–Crippen LogP) is 3.69. The summed E-state index contributed by atoms with van der Waals surface area (Å²) in [6, 6.07) is 6.30. The summed E-state index contributed by atoms with van der Waals surface area (Å²) in [5.41, 5.74) is -3.93.